The first-order valence-corrected chi connectivity index (χ1v) is 5.53. The number of quaternary nitrogens is 1. The number of aliphatic imine (C=N–C) groups is 1. The van der Waals surface area contributed by atoms with E-state index in [1.165, 1.54) is 12.1 Å². The monoisotopic (exact) mass is 292 g/mol. The minimum atomic E-state index is -1.43. The highest BCUT2D eigenvalue weighted by Gasteiger charge is 2.49. The predicted molar refractivity (Wildman–Crippen MR) is 71.8 cm³/mol. The van der Waals surface area contributed by atoms with Crippen LogP contribution in [0.4, 0.5) is 16.2 Å². The normalized spacial score (nSPS) is 20.6. The molecule has 2 amide bonds. The summed E-state index contributed by atoms with van der Waals surface area (Å²) in [5.74, 6) is -1.35. The molecule has 0 saturated carbocycles. The summed E-state index contributed by atoms with van der Waals surface area (Å²) >= 11 is 0. The minimum absolute atomic E-state index is 0.0746. The summed E-state index contributed by atoms with van der Waals surface area (Å²) in [5, 5.41) is 20.1. The quantitative estimate of drug-likeness (QED) is 0.410. The van der Waals surface area contributed by atoms with Gasteiger partial charge in [0.2, 0.25) is 12.0 Å². The van der Waals surface area contributed by atoms with Crippen molar-refractivity contribution in [2.75, 3.05) is 0 Å². The van der Waals surface area contributed by atoms with Crippen molar-refractivity contribution in [2.24, 2.45) is 16.5 Å². The average Bonchev–Trinajstić information content (AvgIpc) is 2.77. The SMILES string of the molecule is NC(=O)C1=C(N)[N+](C(=O)O)(c2ccc([N+](=O)[O-])cc2)C=N1. The first kappa shape index (κ1) is 14.1. The van der Waals surface area contributed by atoms with E-state index in [4.69, 9.17) is 11.5 Å². The summed E-state index contributed by atoms with van der Waals surface area (Å²) in [7, 11) is 0. The van der Waals surface area contributed by atoms with Crippen molar-refractivity contribution in [3.8, 4) is 0 Å². The molecule has 0 aliphatic carbocycles. The Balaban J connectivity index is 2.61. The lowest BCUT2D eigenvalue weighted by Gasteiger charge is -2.23. The third-order valence-electron chi connectivity index (χ3n) is 2.99. The Bertz CT molecular complexity index is 708. The fraction of sp³-hybridized carbons (Fsp3) is 0. The average molecular weight is 292 g/mol. The number of primary amides is 1. The summed E-state index contributed by atoms with van der Waals surface area (Å²) < 4.78 is -1.07. The Kier molecular flexibility index (Phi) is 3.15. The fourth-order valence-corrected chi connectivity index (χ4v) is 1.91. The molecule has 108 valence electrons. The number of hydrogen-bond acceptors (Lipinski definition) is 6. The molecule has 1 heterocycles. The Morgan fingerprint density at radius 3 is 2.24 bits per heavy atom. The van der Waals surface area contributed by atoms with E-state index in [0.717, 1.165) is 18.5 Å². The second-order valence-electron chi connectivity index (χ2n) is 4.12. The standard InChI is InChI=1S/C11H9N5O5/c12-9-8(10(13)17)14-5-16(9,11(18)19)7-3-1-6(2-4-7)15(20)21/h1-5H,(H4-,12,13,17,18,19)/p+1. The maximum atomic E-state index is 11.6. The number of nitro benzene ring substituents is 1. The number of rotatable bonds is 3. The molecule has 1 aromatic carbocycles. The zero-order chi connectivity index (χ0) is 15.8. The Hall–Kier alpha value is -3.27. The highest BCUT2D eigenvalue weighted by Crippen LogP contribution is 2.32. The summed E-state index contributed by atoms with van der Waals surface area (Å²) in [6.07, 6.45) is -0.500. The molecule has 1 unspecified atom stereocenters. The Morgan fingerprint density at radius 1 is 1.29 bits per heavy atom. The Labute approximate surface area is 117 Å². The molecule has 0 fully saturated rings. The van der Waals surface area contributed by atoms with Gasteiger partial charge in [-0.3, -0.25) is 14.9 Å². The van der Waals surface area contributed by atoms with Crippen LogP contribution >= 0.6 is 0 Å². The summed E-state index contributed by atoms with van der Waals surface area (Å²) in [4.78, 5) is 36.4. The first-order valence-electron chi connectivity index (χ1n) is 5.53. The van der Waals surface area contributed by atoms with Crippen LogP contribution in [0.5, 0.6) is 0 Å². The number of carbonyl (C=O) groups is 2. The van der Waals surface area contributed by atoms with Crippen molar-refractivity contribution < 1.29 is 19.6 Å². The number of hydrogen-bond donors (Lipinski definition) is 3. The lowest BCUT2D eigenvalue weighted by Crippen LogP contribution is -2.52. The number of nitro groups is 1. The predicted octanol–water partition coefficient (Wildman–Crippen LogP) is 0.235. The molecule has 0 bridgehead atoms. The van der Waals surface area contributed by atoms with Crippen molar-refractivity contribution in [3.63, 3.8) is 0 Å². The lowest BCUT2D eigenvalue weighted by molar-refractivity contribution is -0.384. The van der Waals surface area contributed by atoms with Crippen molar-refractivity contribution in [2.45, 2.75) is 0 Å². The highest BCUT2D eigenvalue weighted by atomic mass is 16.6. The van der Waals surface area contributed by atoms with Crippen LogP contribution < -0.4 is 16.0 Å². The molecular formula is C11H10N5O5+. The molecule has 1 aliphatic heterocycles. The van der Waals surface area contributed by atoms with Crippen molar-refractivity contribution in [1.29, 1.82) is 0 Å². The second-order valence-corrected chi connectivity index (χ2v) is 4.12. The molecule has 10 nitrogen and oxygen atoms in total. The molecule has 21 heavy (non-hydrogen) atoms. The molecule has 0 saturated heterocycles. The van der Waals surface area contributed by atoms with Crippen LogP contribution in [0.1, 0.15) is 0 Å². The van der Waals surface area contributed by atoms with Gasteiger partial charge in [-0.1, -0.05) is 4.48 Å². The molecule has 0 aromatic heterocycles. The summed E-state index contributed by atoms with van der Waals surface area (Å²) in [6.45, 7) is 0. The molecule has 0 spiro atoms. The van der Waals surface area contributed by atoms with Gasteiger partial charge >= 0.3 is 6.09 Å². The highest BCUT2D eigenvalue weighted by molar-refractivity contribution is 6.07. The van der Waals surface area contributed by atoms with Gasteiger partial charge in [0.15, 0.2) is 5.69 Å². The smallest absolute Gasteiger partial charge is 0.434 e. The van der Waals surface area contributed by atoms with Gasteiger partial charge in [-0.2, -0.15) is 9.79 Å². The first-order chi connectivity index (χ1) is 9.80. The number of nitrogens with two attached hydrogens (primary N) is 2. The van der Waals surface area contributed by atoms with Gasteiger partial charge in [0.25, 0.3) is 17.4 Å². The molecule has 2 rings (SSSR count). The number of amides is 2. The van der Waals surface area contributed by atoms with E-state index in [0.29, 0.717) is 0 Å². The van der Waals surface area contributed by atoms with Crippen LogP contribution in [0.3, 0.4) is 0 Å². The van der Waals surface area contributed by atoms with E-state index < -0.39 is 21.4 Å². The van der Waals surface area contributed by atoms with E-state index in [1.807, 2.05) is 0 Å². The van der Waals surface area contributed by atoms with E-state index in [-0.39, 0.29) is 22.9 Å². The number of carboxylic acid groups (broad SMARTS) is 1. The van der Waals surface area contributed by atoms with Gasteiger partial charge in [-0.05, 0) is 0 Å². The zero-order valence-corrected chi connectivity index (χ0v) is 10.5. The van der Waals surface area contributed by atoms with Gasteiger partial charge in [0.05, 0.1) is 4.92 Å². The van der Waals surface area contributed by atoms with E-state index in [9.17, 15) is 24.8 Å². The maximum absolute atomic E-state index is 11.6. The van der Waals surface area contributed by atoms with Gasteiger partial charge in [0.1, 0.15) is 0 Å². The summed E-state index contributed by atoms with van der Waals surface area (Å²) in [6, 6.07) is 4.69. The van der Waals surface area contributed by atoms with Crippen LogP contribution in [-0.4, -0.2) is 28.4 Å². The number of carbonyl (C=O) groups excluding carboxylic acids is 1. The molecule has 1 aromatic rings. The molecule has 1 atom stereocenters. The van der Waals surface area contributed by atoms with Gasteiger partial charge in [-0.15, -0.1) is 0 Å². The molecule has 10 heteroatoms. The Morgan fingerprint density at radius 2 is 1.86 bits per heavy atom. The molecular weight excluding hydrogens is 282 g/mol. The molecule has 0 radical (unpaired) electrons. The number of benzene rings is 1. The fourth-order valence-electron chi connectivity index (χ4n) is 1.91. The van der Waals surface area contributed by atoms with Gasteiger partial charge in [-0.25, -0.2) is 0 Å². The zero-order valence-electron chi connectivity index (χ0n) is 10.5. The molecule has 1 aliphatic rings. The maximum Gasteiger partial charge on any atom is 0.531 e. The van der Waals surface area contributed by atoms with Crippen LogP contribution in [0, 0.1) is 10.1 Å². The van der Waals surface area contributed by atoms with Crippen molar-refractivity contribution in [1.82, 2.24) is 4.48 Å². The van der Waals surface area contributed by atoms with Crippen LogP contribution in [0.25, 0.3) is 0 Å². The van der Waals surface area contributed by atoms with E-state index >= 15 is 0 Å². The number of nitrogens with zero attached hydrogens (tertiary/aromatic N) is 3. The van der Waals surface area contributed by atoms with Crippen LogP contribution in [-0.2, 0) is 4.79 Å². The topological polar surface area (TPSA) is 162 Å². The second kappa shape index (κ2) is 4.68. The third-order valence-corrected chi connectivity index (χ3v) is 2.99. The minimum Gasteiger partial charge on any atom is -0.434 e. The molecule has 5 N–H and O–H groups in total. The van der Waals surface area contributed by atoms with Crippen molar-refractivity contribution >= 4 is 29.7 Å². The van der Waals surface area contributed by atoms with Gasteiger partial charge in [0, 0.05) is 24.3 Å². The summed E-state index contributed by atoms with van der Waals surface area (Å²) in [5.41, 5.74) is 10.3. The van der Waals surface area contributed by atoms with Crippen molar-refractivity contribution in [3.05, 3.63) is 45.9 Å². The third kappa shape index (κ3) is 1.99. The van der Waals surface area contributed by atoms with Crippen LogP contribution in [0.15, 0.2) is 40.8 Å². The number of non-ortho nitro benzene ring substituents is 1. The van der Waals surface area contributed by atoms with Crippen LogP contribution in [0.2, 0.25) is 0 Å². The lowest BCUT2D eigenvalue weighted by atomic mass is 10.2. The largest absolute Gasteiger partial charge is 0.531 e. The van der Waals surface area contributed by atoms with E-state index in [2.05, 4.69) is 4.99 Å². The van der Waals surface area contributed by atoms with Gasteiger partial charge < -0.3 is 16.6 Å². The van der Waals surface area contributed by atoms with E-state index in [1.54, 1.807) is 0 Å².